The molecule has 1 heterocycles. The van der Waals surface area contributed by atoms with Crippen molar-refractivity contribution in [1.29, 1.82) is 0 Å². The number of nitrogens with one attached hydrogen (secondary N) is 1. The van der Waals surface area contributed by atoms with Gasteiger partial charge in [-0.3, -0.25) is 10.1 Å². The van der Waals surface area contributed by atoms with Crippen LogP contribution >= 0.6 is 0 Å². The molecule has 1 aromatic heterocycles. The number of halogens is 1. The first-order valence-corrected chi connectivity index (χ1v) is 6.95. The van der Waals surface area contributed by atoms with Crippen LogP contribution in [-0.4, -0.2) is 18.5 Å². The summed E-state index contributed by atoms with van der Waals surface area (Å²) in [7, 11) is 0. The molecule has 0 saturated heterocycles. The standard InChI is InChI=1S/C16H17FN2O3/c1-2-9-22-16(18-11-14-4-3-10-21-14)19-15(20)12-5-7-13(17)8-6-12/h3-8,10H,2,9,11H2,1H3,(H,18,19,20). The minimum absolute atomic E-state index is 0.118. The predicted molar refractivity (Wildman–Crippen MR) is 80.0 cm³/mol. The number of benzene rings is 1. The first-order chi connectivity index (χ1) is 10.7. The highest BCUT2D eigenvalue weighted by Gasteiger charge is 2.10. The number of amidine groups is 1. The van der Waals surface area contributed by atoms with E-state index in [-0.39, 0.29) is 12.6 Å². The summed E-state index contributed by atoms with van der Waals surface area (Å²) < 4.78 is 23.4. The molecule has 1 aromatic carbocycles. The molecule has 0 saturated carbocycles. The summed E-state index contributed by atoms with van der Waals surface area (Å²) in [5.41, 5.74) is 0.326. The van der Waals surface area contributed by atoms with Crippen molar-refractivity contribution in [3.63, 3.8) is 0 Å². The zero-order valence-corrected chi connectivity index (χ0v) is 12.2. The van der Waals surface area contributed by atoms with Gasteiger partial charge in [-0.15, -0.1) is 0 Å². The van der Waals surface area contributed by atoms with Crippen LogP contribution in [0.1, 0.15) is 29.5 Å². The third-order valence-electron chi connectivity index (χ3n) is 2.73. The van der Waals surface area contributed by atoms with E-state index >= 15 is 0 Å². The van der Waals surface area contributed by atoms with Crippen molar-refractivity contribution in [2.75, 3.05) is 6.61 Å². The zero-order valence-electron chi connectivity index (χ0n) is 12.2. The van der Waals surface area contributed by atoms with Crippen LogP contribution in [0.3, 0.4) is 0 Å². The molecule has 2 aromatic rings. The van der Waals surface area contributed by atoms with Crippen LogP contribution in [0.5, 0.6) is 0 Å². The fourth-order valence-corrected chi connectivity index (χ4v) is 1.64. The van der Waals surface area contributed by atoms with Gasteiger partial charge in [0, 0.05) is 5.56 Å². The van der Waals surface area contributed by atoms with E-state index in [1.807, 2.05) is 6.92 Å². The average molecular weight is 304 g/mol. The van der Waals surface area contributed by atoms with Crippen molar-refractivity contribution in [3.8, 4) is 0 Å². The third-order valence-corrected chi connectivity index (χ3v) is 2.73. The Labute approximate surface area is 127 Å². The summed E-state index contributed by atoms with van der Waals surface area (Å²) in [5.74, 6) is -0.145. The highest BCUT2D eigenvalue weighted by Crippen LogP contribution is 2.04. The fraction of sp³-hybridized carbons (Fsp3) is 0.250. The van der Waals surface area contributed by atoms with E-state index in [0.717, 1.165) is 6.42 Å². The summed E-state index contributed by atoms with van der Waals surface area (Å²) in [5, 5.41) is 2.57. The average Bonchev–Trinajstić information content (AvgIpc) is 3.04. The van der Waals surface area contributed by atoms with Gasteiger partial charge in [0.05, 0.1) is 12.9 Å². The van der Waals surface area contributed by atoms with Crippen molar-refractivity contribution in [2.24, 2.45) is 4.99 Å². The van der Waals surface area contributed by atoms with Crippen molar-refractivity contribution >= 4 is 11.9 Å². The highest BCUT2D eigenvalue weighted by atomic mass is 19.1. The van der Waals surface area contributed by atoms with Gasteiger partial charge < -0.3 is 9.15 Å². The summed E-state index contributed by atoms with van der Waals surface area (Å²) in [6, 6.07) is 8.90. The Morgan fingerprint density at radius 1 is 1.32 bits per heavy atom. The van der Waals surface area contributed by atoms with Crippen LogP contribution in [0.2, 0.25) is 0 Å². The van der Waals surface area contributed by atoms with E-state index in [1.54, 1.807) is 18.4 Å². The normalized spacial score (nSPS) is 11.3. The lowest BCUT2D eigenvalue weighted by atomic mass is 10.2. The first kappa shape index (κ1) is 15.8. The van der Waals surface area contributed by atoms with E-state index in [0.29, 0.717) is 17.9 Å². The molecule has 0 aliphatic rings. The molecular formula is C16H17FN2O3. The van der Waals surface area contributed by atoms with E-state index in [1.165, 1.54) is 24.3 Å². The quantitative estimate of drug-likeness (QED) is 0.682. The van der Waals surface area contributed by atoms with Gasteiger partial charge in [-0.05, 0) is 42.8 Å². The molecule has 22 heavy (non-hydrogen) atoms. The lowest BCUT2D eigenvalue weighted by Gasteiger charge is -2.09. The molecule has 0 unspecified atom stereocenters. The monoisotopic (exact) mass is 304 g/mol. The van der Waals surface area contributed by atoms with Gasteiger partial charge in [-0.2, -0.15) is 0 Å². The van der Waals surface area contributed by atoms with Gasteiger partial charge in [0.15, 0.2) is 0 Å². The first-order valence-electron chi connectivity index (χ1n) is 6.95. The lowest BCUT2D eigenvalue weighted by molar-refractivity contribution is 0.0965. The van der Waals surface area contributed by atoms with Crippen LogP contribution in [0, 0.1) is 5.82 Å². The van der Waals surface area contributed by atoms with Crippen LogP contribution in [0.4, 0.5) is 4.39 Å². The van der Waals surface area contributed by atoms with E-state index < -0.39 is 11.7 Å². The van der Waals surface area contributed by atoms with Crippen LogP contribution in [0.25, 0.3) is 0 Å². The van der Waals surface area contributed by atoms with Gasteiger partial charge >= 0.3 is 0 Å². The predicted octanol–water partition coefficient (Wildman–Crippen LogP) is 3.13. The van der Waals surface area contributed by atoms with Crippen molar-refractivity contribution in [2.45, 2.75) is 19.9 Å². The van der Waals surface area contributed by atoms with Gasteiger partial charge in [-0.1, -0.05) is 6.92 Å². The summed E-state index contributed by atoms with van der Waals surface area (Å²) in [4.78, 5) is 16.3. The molecule has 1 amide bonds. The maximum atomic E-state index is 12.9. The van der Waals surface area contributed by atoms with Gasteiger partial charge in [0.25, 0.3) is 11.9 Å². The topological polar surface area (TPSA) is 63.8 Å². The molecule has 116 valence electrons. The van der Waals surface area contributed by atoms with Gasteiger partial charge in [-0.25, -0.2) is 9.38 Å². The van der Waals surface area contributed by atoms with Gasteiger partial charge in [0.2, 0.25) is 0 Å². The molecule has 0 aliphatic heterocycles. The van der Waals surface area contributed by atoms with Crippen molar-refractivity contribution in [3.05, 3.63) is 59.8 Å². The molecule has 0 fully saturated rings. The molecular weight excluding hydrogens is 287 g/mol. The van der Waals surface area contributed by atoms with E-state index in [9.17, 15) is 9.18 Å². The zero-order chi connectivity index (χ0) is 15.8. The number of rotatable bonds is 5. The molecule has 0 atom stereocenters. The summed E-state index contributed by atoms with van der Waals surface area (Å²) in [6.07, 6.45) is 2.33. The number of carbonyl (C=O) groups excluding carboxylic acids is 1. The second-order valence-corrected chi connectivity index (χ2v) is 4.51. The number of carbonyl (C=O) groups is 1. The maximum Gasteiger partial charge on any atom is 0.292 e. The Kier molecular flexibility index (Phi) is 5.71. The molecule has 2 rings (SSSR count). The van der Waals surface area contributed by atoms with E-state index in [4.69, 9.17) is 9.15 Å². The summed E-state index contributed by atoms with van der Waals surface area (Å²) >= 11 is 0. The highest BCUT2D eigenvalue weighted by molar-refractivity contribution is 6.04. The number of amides is 1. The fourth-order valence-electron chi connectivity index (χ4n) is 1.64. The molecule has 0 spiro atoms. The van der Waals surface area contributed by atoms with Crippen LogP contribution in [0.15, 0.2) is 52.1 Å². The largest absolute Gasteiger partial charge is 0.467 e. The van der Waals surface area contributed by atoms with E-state index in [2.05, 4.69) is 10.3 Å². The Hall–Kier alpha value is -2.63. The third kappa shape index (κ3) is 4.73. The SMILES string of the molecule is CCCOC(=NCc1ccco1)NC(=O)c1ccc(F)cc1. The van der Waals surface area contributed by atoms with Crippen molar-refractivity contribution < 1.29 is 18.3 Å². The van der Waals surface area contributed by atoms with Gasteiger partial charge in [0.1, 0.15) is 18.1 Å². The maximum absolute atomic E-state index is 12.9. The van der Waals surface area contributed by atoms with Crippen molar-refractivity contribution in [1.82, 2.24) is 5.32 Å². The molecule has 1 N–H and O–H groups in total. The number of hydrogen-bond donors (Lipinski definition) is 1. The second kappa shape index (κ2) is 7.97. The Bertz CT molecular complexity index is 621. The summed E-state index contributed by atoms with van der Waals surface area (Å²) in [6.45, 7) is 2.64. The number of aliphatic imine (C=N–C) groups is 1. The van der Waals surface area contributed by atoms with Crippen LogP contribution < -0.4 is 5.32 Å². The molecule has 0 aliphatic carbocycles. The van der Waals surface area contributed by atoms with Crippen LogP contribution in [-0.2, 0) is 11.3 Å². The smallest absolute Gasteiger partial charge is 0.292 e. The molecule has 0 bridgehead atoms. The number of nitrogens with zero attached hydrogens (tertiary/aromatic N) is 1. The Morgan fingerprint density at radius 3 is 2.73 bits per heavy atom. The number of ether oxygens (including phenoxy) is 1. The minimum Gasteiger partial charge on any atom is -0.467 e. The Morgan fingerprint density at radius 2 is 2.09 bits per heavy atom. The Balaban J connectivity index is 2.03. The lowest BCUT2D eigenvalue weighted by Crippen LogP contribution is -2.33. The number of furan rings is 1. The number of hydrogen-bond acceptors (Lipinski definition) is 4. The molecule has 0 radical (unpaired) electrons. The second-order valence-electron chi connectivity index (χ2n) is 4.51. The molecule has 5 nitrogen and oxygen atoms in total. The molecule has 6 heteroatoms. The minimum atomic E-state index is -0.408.